The van der Waals surface area contributed by atoms with Crippen molar-refractivity contribution in [3.63, 3.8) is 0 Å². The second kappa shape index (κ2) is 7.68. The van der Waals surface area contributed by atoms with Crippen LogP contribution < -0.4 is 10.6 Å². The highest BCUT2D eigenvalue weighted by Gasteiger charge is 2.33. The molecule has 0 spiro atoms. The Kier molecular flexibility index (Phi) is 5.62. The smallest absolute Gasteiger partial charge is 0.359 e. The zero-order chi connectivity index (χ0) is 18.4. The van der Waals surface area contributed by atoms with Gasteiger partial charge in [-0.3, -0.25) is 9.78 Å². The number of nitrogens with one attached hydrogen (secondary N) is 2. The lowest BCUT2D eigenvalue weighted by atomic mass is 10.2. The number of aromatic nitrogens is 1. The third-order valence-corrected chi connectivity index (χ3v) is 3.27. The summed E-state index contributed by atoms with van der Waals surface area (Å²) in [4.78, 5) is 15.9. The molecule has 0 bridgehead atoms. The van der Waals surface area contributed by atoms with Crippen LogP contribution in [0.2, 0.25) is 5.02 Å². The Balaban J connectivity index is 2.16. The van der Waals surface area contributed by atoms with Gasteiger partial charge in [-0.15, -0.1) is 0 Å². The lowest BCUT2D eigenvalue weighted by Gasteiger charge is -2.11. The number of hydrogen-bond acceptors (Lipinski definition) is 4. The van der Waals surface area contributed by atoms with Gasteiger partial charge in [0.1, 0.15) is 11.6 Å². The first-order valence-corrected chi connectivity index (χ1v) is 7.14. The molecule has 1 aromatic heterocycles. The number of carbonyl (C=O) groups excluding carboxylic acids is 1. The van der Waals surface area contributed by atoms with Crippen molar-refractivity contribution in [1.29, 1.82) is 5.26 Å². The molecule has 2 N–H and O–H groups in total. The third-order valence-electron chi connectivity index (χ3n) is 2.94. The first-order chi connectivity index (χ1) is 11.8. The van der Waals surface area contributed by atoms with Crippen LogP contribution >= 0.6 is 11.6 Å². The number of benzene rings is 1. The topological polar surface area (TPSA) is 77.8 Å². The molecule has 1 heterocycles. The van der Waals surface area contributed by atoms with Crippen LogP contribution in [0.3, 0.4) is 0 Å². The van der Waals surface area contributed by atoms with Crippen molar-refractivity contribution in [3.05, 3.63) is 65.1 Å². The highest BCUT2D eigenvalue weighted by Crippen LogP contribution is 2.36. The molecule has 5 nitrogen and oxygen atoms in total. The quantitative estimate of drug-likeness (QED) is 0.627. The summed E-state index contributed by atoms with van der Waals surface area (Å²) in [7, 11) is 0. The van der Waals surface area contributed by atoms with Gasteiger partial charge in [0.05, 0.1) is 22.5 Å². The number of pyridine rings is 1. The number of rotatable bonds is 4. The second-order valence-corrected chi connectivity index (χ2v) is 5.11. The molecule has 128 valence electrons. The van der Waals surface area contributed by atoms with E-state index in [1.807, 2.05) is 0 Å². The molecule has 0 unspecified atom stereocenters. The summed E-state index contributed by atoms with van der Waals surface area (Å²) < 4.78 is 38.5. The molecule has 2 aromatic rings. The summed E-state index contributed by atoms with van der Waals surface area (Å²) in [5.74, 6) is -0.866. The Labute approximate surface area is 145 Å². The molecule has 0 radical (unpaired) electrons. The van der Waals surface area contributed by atoms with Gasteiger partial charge >= 0.3 is 6.18 Å². The molecule has 25 heavy (non-hydrogen) atoms. The largest absolute Gasteiger partial charge is 0.417 e. The predicted molar refractivity (Wildman–Crippen MR) is 86.6 cm³/mol. The molecule has 0 fully saturated rings. The minimum Gasteiger partial charge on any atom is -0.359 e. The van der Waals surface area contributed by atoms with E-state index in [-0.39, 0.29) is 11.3 Å². The standard InChI is InChI=1S/C16H10ClF3N4O/c17-14-4-3-11(6-13(14)16(18,19)20)24-15(25)10(7-21)8-23-12-2-1-5-22-9-12/h1-6,8-9,23H,(H,24,25)/b10-8-. The number of halogens is 4. The highest BCUT2D eigenvalue weighted by molar-refractivity contribution is 6.31. The van der Waals surface area contributed by atoms with E-state index in [2.05, 4.69) is 15.6 Å². The van der Waals surface area contributed by atoms with E-state index in [4.69, 9.17) is 16.9 Å². The fourth-order valence-electron chi connectivity index (χ4n) is 1.77. The Hall–Kier alpha value is -3.05. The summed E-state index contributed by atoms with van der Waals surface area (Å²) in [5, 5.41) is 13.5. The van der Waals surface area contributed by atoms with Crippen LogP contribution in [-0.2, 0) is 11.0 Å². The molecule has 2 rings (SSSR count). The van der Waals surface area contributed by atoms with Crippen molar-refractivity contribution in [2.75, 3.05) is 10.6 Å². The van der Waals surface area contributed by atoms with Gasteiger partial charge in [0.2, 0.25) is 0 Å². The van der Waals surface area contributed by atoms with Gasteiger partial charge in [0.15, 0.2) is 0 Å². The van der Waals surface area contributed by atoms with Crippen LogP contribution in [0.4, 0.5) is 24.5 Å². The van der Waals surface area contributed by atoms with Crippen LogP contribution in [0.1, 0.15) is 5.56 Å². The van der Waals surface area contributed by atoms with Gasteiger partial charge in [0.25, 0.3) is 5.91 Å². The zero-order valence-corrected chi connectivity index (χ0v) is 13.2. The van der Waals surface area contributed by atoms with Crippen molar-refractivity contribution in [1.82, 2.24) is 4.98 Å². The summed E-state index contributed by atoms with van der Waals surface area (Å²) in [5.41, 5.74) is -1.01. The summed E-state index contributed by atoms with van der Waals surface area (Å²) >= 11 is 5.51. The lowest BCUT2D eigenvalue weighted by molar-refractivity contribution is -0.137. The maximum atomic E-state index is 12.8. The van der Waals surface area contributed by atoms with E-state index in [1.165, 1.54) is 12.3 Å². The Morgan fingerprint density at radius 1 is 1.28 bits per heavy atom. The van der Waals surface area contributed by atoms with Crippen molar-refractivity contribution < 1.29 is 18.0 Å². The van der Waals surface area contributed by atoms with Gasteiger partial charge in [-0.2, -0.15) is 18.4 Å². The number of hydrogen-bond donors (Lipinski definition) is 2. The molecular weight excluding hydrogens is 357 g/mol. The first kappa shape index (κ1) is 18.3. The first-order valence-electron chi connectivity index (χ1n) is 6.76. The second-order valence-electron chi connectivity index (χ2n) is 4.70. The number of amides is 1. The average molecular weight is 367 g/mol. The van der Waals surface area contributed by atoms with Gasteiger partial charge in [-0.1, -0.05) is 11.6 Å². The molecule has 0 atom stereocenters. The van der Waals surface area contributed by atoms with Gasteiger partial charge in [-0.05, 0) is 30.3 Å². The van der Waals surface area contributed by atoms with Crippen molar-refractivity contribution in [2.45, 2.75) is 6.18 Å². The van der Waals surface area contributed by atoms with Crippen LogP contribution in [-0.4, -0.2) is 10.9 Å². The highest BCUT2D eigenvalue weighted by atomic mass is 35.5. The number of anilines is 2. The van der Waals surface area contributed by atoms with Crippen molar-refractivity contribution >= 4 is 28.9 Å². The zero-order valence-electron chi connectivity index (χ0n) is 12.4. The molecule has 0 aliphatic rings. The summed E-state index contributed by atoms with van der Waals surface area (Å²) in [6.45, 7) is 0. The van der Waals surface area contributed by atoms with Gasteiger partial charge < -0.3 is 10.6 Å². The van der Waals surface area contributed by atoms with Gasteiger partial charge in [0, 0.05) is 18.1 Å². The molecule has 0 aliphatic carbocycles. The predicted octanol–water partition coefficient (Wildman–Crippen LogP) is 4.21. The lowest BCUT2D eigenvalue weighted by Crippen LogP contribution is -2.15. The van der Waals surface area contributed by atoms with E-state index in [9.17, 15) is 18.0 Å². The van der Waals surface area contributed by atoms with Crippen molar-refractivity contribution in [3.8, 4) is 6.07 Å². The van der Waals surface area contributed by atoms with E-state index < -0.39 is 22.7 Å². The molecule has 0 saturated carbocycles. The minimum absolute atomic E-state index is 0.135. The summed E-state index contributed by atoms with van der Waals surface area (Å²) in [6, 6.07) is 7.89. The Morgan fingerprint density at radius 2 is 2.04 bits per heavy atom. The van der Waals surface area contributed by atoms with E-state index >= 15 is 0 Å². The van der Waals surface area contributed by atoms with E-state index in [0.29, 0.717) is 11.8 Å². The average Bonchev–Trinajstić information content (AvgIpc) is 2.57. The third kappa shape index (κ3) is 4.96. The number of nitriles is 1. The molecule has 9 heteroatoms. The van der Waals surface area contributed by atoms with Crippen molar-refractivity contribution in [2.24, 2.45) is 0 Å². The molecular formula is C16H10ClF3N4O. The van der Waals surface area contributed by atoms with Crippen LogP contribution in [0.15, 0.2) is 54.5 Å². The number of nitrogens with zero attached hydrogens (tertiary/aromatic N) is 2. The summed E-state index contributed by atoms with van der Waals surface area (Å²) in [6.07, 6.45) is -0.510. The number of alkyl halides is 3. The number of carbonyl (C=O) groups is 1. The SMILES string of the molecule is N#C/C(=C/Nc1cccnc1)C(=O)Nc1ccc(Cl)c(C(F)(F)F)c1. The maximum absolute atomic E-state index is 12.8. The van der Waals surface area contributed by atoms with E-state index in [0.717, 1.165) is 12.3 Å². The maximum Gasteiger partial charge on any atom is 0.417 e. The Bertz CT molecular complexity index is 845. The van der Waals surface area contributed by atoms with Crippen LogP contribution in [0.5, 0.6) is 0 Å². The Morgan fingerprint density at radius 3 is 2.64 bits per heavy atom. The molecule has 0 aliphatic heterocycles. The van der Waals surface area contributed by atoms with E-state index in [1.54, 1.807) is 24.4 Å². The fourth-order valence-corrected chi connectivity index (χ4v) is 2.00. The molecule has 0 saturated heterocycles. The normalized spacial score (nSPS) is 11.6. The minimum atomic E-state index is -4.66. The van der Waals surface area contributed by atoms with Crippen LogP contribution in [0.25, 0.3) is 0 Å². The molecule has 1 amide bonds. The van der Waals surface area contributed by atoms with Crippen LogP contribution in [0, 0.1) is 11.3 Å². The molecule has 1 aromatic carbocycles. The van der Waals surface area contributed by atoms with Gasteiger partial charge in [-0.25, -0.2) is 0 Å². The monoisotopic (exact) mass is 366 g/mol. The fraction of sp³-hybridized carbons (Fsp3) is 0.0625.